The molecule has 0 saturated carbocycles. The minimum Gasteiger partial charge on any atom is -0.502 e. The molecule has 0 fully saturated rings. The number of nitrogens with zero attached hydrogens (tertiary/aromatic N) is 6. The van der Waals surface area contributed by atoms with Crippen LogP contribution >= 0.6 is 0 Å². The van der Waals surface area contributed by atoms with Crippen LogP contribution in [0.1, 0.15) is 63.8 Å². The fourth-order valence-corrected chi connectivity index (χ4v) is 8.56. The molecule has 10 rings (SSSR count). The average molecular weight is 1090 g/mol. The Balaban J connectivity index is 0.00000321. The number of ether oxygens (including phenoxy) is 2. The Morgan fingerprint density at radius 3 is 1.28 bits per heavy atom. The predicted molar refractivity (Wildman–Crippen MR) is 267 cm³/mol. The summed E-state index contributed by atoms with van der Waals surface area (Å²) in [4.78, 5) is 22.6. The zero-order chi connectivity index (χ0) is 46.5. The van der Waals surface area contributed by atoms with Crippen LogP contribution in [0.15, 0.2) is 146 Å². The molecule has 0 spiro atoms. The Morgan fingerprint density at radius 1 is 0.478 bits per heavy atom. The maximum Gasteiger partial charge on any atom is 2.00 e. The fraction of sp³-hybridized carbons (Fsp3) is 0.169. The molecule has 0 atom stereocenters. The van der Waals surface area contributed by atoms with E-state index in [0.29, 0.717) is 40.0 Å². The number of hydrogen-bond donors (Lipinski definition) is 0. The van der Waals surface area contributed by atoms with Gasteiger partial charge in [0.15, 0.2) is 0 Å². The van der Waals surface area contributed by atoms with Gasteiger partial charge in [0.25, 0.3) is 0 Å². The third-order valence-corrected chi connectivity index (χ3v) is 12.1. The van der Waals surface area contributed by atoms with Gasteiger partial charge in [0.2, 0.25) is 5.95 Å². The SMILES string of the molecule is Cc1cc(-c2ccccn2)[c-]c(Oc2[c-]c3c(cc2)c2ccc(Oc4[c-]c(-c5ccccn5)cc(C)c4-c4ccc(C(C)(C)C)cc4)[c-]c2n3-c2ncncn2)c1-c1ccc(C(C)(C)C)cc1.[Pd+2].[Pd+2]. The van der Waals surface area contributed by atoms with Gasteiger partial charge in [-0.15, -0.1) is 58.7 Å². The molecule has 69 heavy (non-hydrogen) atoms. The van der Waals surface area contributed by atoms with Crippen LogP contribution in [0.3, 0.4) is 0 Å². The van der Waals surface area contributed by atoms with Gasteiger partial charge in [-0.25, -0.2) is 15.0 Å². The maximum atomic E-state index is 6.89. The first-order chi connectivity index (χ1) is 32.3. The molecule has 6 aromatic carbocycles. The summed E-state index contributed by atoms with van der Waals surface area (Å²) in [5.41, 5.74) is 13.1. The Hall–Kier alpha value is -6.65. The molecule has 0 unspecified atom stereocenters. The normalized spacial score (nSPS) is 11.5. The zero-order valence-electron chi connectivity index (χ0n) is 39.5. The van der Waals surface area contributed by atoms with Crippen LogP contribution in [-0.2, 0) is 51.7 Å². The van der Waals surface area contributed by atoms with Crippen molar-refractivity contribution in [2.24, 2.45) is 0 Å². The molecule has 0 saturated heterocycles. The molecular formula is C59H48N6O2Pd2. The summed E-state index contributed by atoms with van der Waals surface area (Å²) in [5, 5.41) is 1.82. The first-order valence-electron chi connectivity index (χ1n) is 22.4. The van der Waals surface area contributed by atoms with Crippen molar-refractivity contribution in [1.82, 2.24) is 29.5 Å². The van der Waals surface area contributed by atoms with Gasteiger partial charge >= 0.3 is 40.8 Å². The molecule has 10 aromatic rings. The summed E-state index contributed by atoms with van der Waals surface area (Å²) in [6, 6.07) is 55.6. The summed E-state index contributed by atoms with van der Waals surface area (Å²) in [5.74, 6) is 2.50. The monoisotopic (exact) mass is 1080 g/mol. The largest absolute Gasteiger partial charge is 2.00 e. The van der Waals surface area contributed by atoms with E-state index >= 15 is 0 Å². The first-order valence-corrected chi connectivity index (χ1v) is 22.4. The molecule has 0 aliphatic rings. The Morgan fingerprint density at radius 2 is 0.899 bits per heavy atom. The van der Waals surface area contributed by atoms with Crippen LogP contribution in [-0.4, -0.2) is 29.5 Å². The van der Waals surface area contributed by atoms with Gasteiger partial charge in [0.05, 0.1) is 0 Å². The second-order valence-corrected chi connectivity index (χ2v) is 18.9. The van der Waals surface area contributed by atoms with Crippen LogP contribution in [0.5, 0.6) is 23.0 Å². The summed E-state index contributed by atoms with van der Waals surface area (Å²) in [6.07, 6.45) is 6.54. The van der Waals surface area contributed by atoms with Gasteiger partial charge in [-0.05, 0) is 45.5 Å². The number of rotatable bonds is 9. The second kappa shape index (κ2) is 19.8. The molecule has 346 valence electrons. The number of hydrogen-bond acceptors (Lipinski definition) is 7. The van der Waals surface area contributed by atoms with Crippen molar-refractivity contribution >= 4 is 21.8 Å². The van der Waals surface area contributed by atoms with E-state index in [0.717, 1.165) is 66.7 Å². The van der Waals surface area contributed by atoms with Crippen LogP contribution in [0.4, 0.5) is 0 Å². The van der Waals surface area contributed by atoms with Crippen molar-refractivity contribution < 1.29 is 50.3 Å². The molecule has 0 N–H and O–H groups in total. The van der Waals surface area contributed by atoms with Crippen molar-refractivity contribution in [1.29, 1.82) is 0 Å². The molecule has 0 aliphatic carbocycles. The van der Waals surface area contributed by atoms with E-state index in [9.17, 15) is 0 Å². The van der Waals surface area contributed by atoms with Crippen molar-refractivity contribution in [2.45, 2.75) is 66.2 Å². The minimum absolute atomic E-state index is 0. The smallest absolute Gasteiger partial charge is 0.502 e. The Labute approximate surface area is 431 Å². The van der Waals surface area contributed by atoms with Crippen molar-refractivity contribution in [3.8, 4) is 73.7 Å². The van der Waals surface area contributed by atoms with E-state index in [2.05, 4.69) is 165 Å². The molecule has 0 radical (unpaired) electrons. The Bertz CT molecular complexity index is 3210. The van der Waals surface area contributed by atoms with Gasteiger partial charge in [-0.1, -0.05) is 174 Å². The van der Waals surface area contributed by atoms with Crippen molar-refractivity contribution in [3.63, 3.8) is 0 Å². The topological polar surface area (TPSA) is 87.8 Å². The predicted octanol–water partition coefficient (Wildman–Crippen LogP) is 14.4. The van der Waals surface area contributed by atoms with E-state index < -0.39 is 0 Å². The molecule has 8 nitrogen and oxygen atoms in total. The summed E-state index contributed by atoms with van der Waals surface area (Å²) in [7, 11) is 0. The van der Waals surface area contributed by atoms with Gasteiger partial charge in [-0.2, -0.15) is 22.9 Å². The first kappa shape index (κ1) is 48.8. The van der Waals surface area contributed by atoms with E-state index in [1.165, 1.54) is 23.8 Å². The Kier molecular flexibility index (Phi) is 14.0. The number of aromatic nitrogens is 6. The number of aryl methyl sites for hydroxylation is 2. The molecule has 0 aliphatic heterocycles. The van der Waals surface area contributed by atoms with E-state index in [-0.39, 0.29) is 51.7 Å². The third kappa shape index (κ3) is 9.95. The van der Waals surface area contributed by atoms with Crippen LogP contribution in [0.25, 0.3) is 72.5 Å². The molecule has 0 bridgehead atoms. The number of benzene rings is 6. The molecule has 10 heteroatoms. The van der Waals surface area contributed by atoms with Gasteiger partial charge in [-0.3, -0.25) is 0 Å². The maximum absolute atomic E-state index is 6.89. The molecular weight excluding hydrogens is 1040 g/mol. The summed E-state index contributed by atoms with van der Waals surface area (Å²) >= 11 is 0. The van der Waals surface area contributed by atoms with Crippen LogP contribution < -0.4 is 9.47 Å². The van der Waals surface area contributed by atoms with Gasteiger partial charge < -0.3 is 24.0 Å². The number of fused-ring (bicyclic) bond motifs is 3. The summed E-state index contributed by atoms with van der Waals surface area (Å²) in [6.45, 7) is 17.5. The van der Waals surface area contributed by atoms with Gasteiger partial charge in [0, 0.05) is 35.4 Å². The summed E-state index contributed by atoms with van der Waals surface area (Å²) < 4.78 is 15.7. The quantitative estimate of drug-likeness (QED) is 0.105. The average Bonchev–Trinajstić information content (AvgIpc) is 3.64. The fourth-order valence-electron chi connectivity index (χ4n) is 8.56. The van der Waals surface area contributed by atoms with E-state index in [1.807, 2.05) is 65.2 Å². The third-order valence-electron chi connectivity index (χ3n) is 12.1. The number of pyridine rings is 2. The minimum atomic E-state index is 0. The molecule has 0 amide bonds. The van der Waals surface area contributed by atoms with Crippen molar-refractivity contribution in [3.05, 3.63) is 193 Å². The zero-order valence-corrected chi connectivity index (χ0v) is 42.6. The van der Waals surface area contributed by atoms with E-state index in [4.69, 9.17) is 9.47 Å². The van der Waals surface area contributed by atoms with Gasteiger partial charge in [0.1, 0.15) is 12.7 Å². The standard InChI is InChI=1S/C59H48N6O2.2Pd/c1-37-29-41(49-13-9-11-27-61-49)31-53(55(37)39-15-19-43(20-16-39)58(3,4)5)66-45-23-25-47-48-26-24-46(34-52(48)65(51(47)33-45)57-63-35-60-36-64-57)67-54-32-42(50-14-10-12-28-62-50)30-38(2)56(54)40-17-21-44(22-18-40)59(6,7)8;;/h9-30,35-36H,1-8H3;;/q-4;2*+2. The molecule has 4 heterocycles. The second-order valence-electron chi connectivity index (χ2n) is 18.9. The van der Waals surface area contributed by atoms with E-state index in [1.54, 1.807) is 12.4 Å². The van der Waals surface area contributed by atoms with Crippen LogP contribution in [0.2, 0.25) is 0 Å². The molecule has 4 aromatic heterocycles. The van der Waals surface area contributed by atoms with Crippen molar-refractivity contribution in [2.75, 3.05) is 0 Å². The van der Waals surface area contributed by atoms with Crippen LogP contribution in [0, 0.1) is 38.1 Å².